The molecule has 0 aliphatic carbocycles. The summed E-state index contributed by atoms with van der Waals surface area (Å²) >= 11 is 5.82. The molecule has 94 valence electrons. The summed E-state index contributed by atoms with van der Waals surface area (Å²) in [6, 6.07) is 17.0. The predicted octanol–water partition coefficient (Wildman–Crippen LogP) is 4.02. The van der Waals surface area contributed by atoms with E-state index < -0.39 is 0 Å². The van der Waals surface area contributed by atoms with Crippen molar-refractivity contribution in [1.29, 1.82) is 0 Å². The van der Waals surface area contributed by atoms with E-state index in [2.05, 4.69) is 60.8 Å². The van der Waals surface area contributed by atoms with Crippen molar-refractivity contribution in [2.24, 2.45) is 0 Å². The van der Waals surface area contributed by atoms with Gasteiger partial charge in [-0.15, -0.1) is 11.6 Å². The Bertz CT molecular complexity index is 491. The molecule has 2 heteroatoms. The topological polar surface area (TPSA) is 12.0 Å². The molecule has 0 unspecified atom stereocenters. The minimum absolute atomic E-state index is 0.575. The lowest BCUT2D eigenvalue weighted by atomic mass is 10.1. The molecule has 0 aliphatic rings. The van der Waals surface area contributed by atoms with Gasteiger partial charge in [0.2, 0.25) is 0 Å². The Morgan fingerprint density at radius 2 is 1.56 bits per heavy atom. The number of hydrogen-bond donors (Lipinski definition) is 1. The molecule has 1 nitrogen and oxygen atoms in total. The van der Waals surface area contributed by atoms with Crippen LogP contribution in [0.15, 0.2) is 48.5 Å². The van der Waals surface area contributed by atoms with Crippen LogP contribution in [0.5, 0.6) is 0 Å². The highest BCUT2D eigenvalue weighted by Crippen LogP contribution is 2.08. The normalized spacial score (nSPS) is 10.6. The first kappa shape index (κ1) is 13.1. The summed E-state index contributed by atoms with van der Waals surface area (Å²) < 4.78 is 0. The van der Waals surface area contributed by atoms with E-state index in [1.807, 2.05) is 0 Å². The van der Waals surface area contributed by atoms with Gasteiger partial charge in [-0.3, -0.25) is 0 Å². The van der Waals surface area contributed by atoms with Crippen molar-refractivity contribution in [2.45, 2.75) is 25.9 Å². The lowest BCUT2D eigenvalue weighted by Gasteiger charge is -2.06. The SMILES string of the molecule is Cc1ccc(CNCc2cccc(CCl)c2)cc1. The molecule has 18 heavy (non-hydrogen) atoms. The molecule has 0 fully saturated rings. The summed E-state index contributed by atoms with van der Waals surface area (Å²) in [4.78, 5) is 0. The lowest BCUT2D eigenvalue weighted by molar-refractivity contribution is 0.693. The van der Waals surface area contributed by atoms with Gasteiger partial charge in [0.15, 0.2) is 0 Å². The minimum Gasteiger partial charge on any atom is -0.309 e. The molecule has 0 amide bonds. The Morgan fingerprint density at radius 1 is 0.889 bits per heavy atom. The molecule has 0 atom stereocenters. The van der Waals surface area contributed by atoms with Gasteiger partial charge in [0.1, 0.15) is 0 Å². The van der Waals surface area contributed by atoms with E-state index in [0.29, 0.717) is 5.88 Å². The predicted molar refractivity (Wildman–Crippen MR) is 77.7 cm³/mol. The van der Waals surface area contributed by atoms with Gasteiger partial charge in [0, 0.05) is 19.0 Å². The van der Waals surface area contributed by atoms with Crippen LogP contribution in [0.25, 0.3) is 0 Å². The smallest absolute Gasteiger partial charge is 0.0474 e. The van der Waals surface area contributed by atoms with Crippen molar-refractivity contribution < 1.29 is 0 Å². The maximum absolute atomic E-state index is 5.82. The van der Waals surface area contributed by atoms with E-state index in [4.69, 9.17) is 11.6 Å². The number of halogens is 1. The fourth-order valence-corrected chi connectivity index (χ4v) is 2.05. The van der Waals surface area contributed by atoms with Crippen molar-refractivity contribution in [2.75, 3.05) is 0 Å². The molecule has 0 bridgehead atoms. The zero-order valence-electron chi connectivity index (χ0n) is 10.6. The van der Waals surface area contributed by atoms with Gasteiger partial charge in [0.25, 0.3) is 0 Å². The third kappa shape index (κ3) is 3.86. The maximum atomic E-state index is 5.82. The lowest BCUT2D eigenvalue weighted by Crippen LogP contribution is -2.12. The number of aryl methyl sites for hydroxylation is 1. The largest absolute Gasteiger partial charge is 0.309 e. The first-order valence-corrected chi connectivity index (χ1v) is 6.71. The van der Waals surface area contributed by atoms with Gasteiger partial charge < -0.3 is 5.32 Å². The van der Waals surface area contributed by atoms with E-state index in [1.165, 1.54) is 22.3 Å². The Balaban J connectivity index is 1.86. The Hall–Kier alpha value is -1.31. The molecule has 0 aliphatic heterocycles. The van der Waals surface area contributed by atoms with Crippen LogP contribution < -0.4 is 5.32 Å². The molecule has 0 aromatic heterocycles. The van der Waals surface area contributed by atoms with Crippen molar-refractivity contribution in [3.8, 4) is 0 Å². The van der Waals surface area contributed by atoms with E-state index in [9.17, 15) is 0 Å². The van der Waals surface area contributed by atoms with Crippen LogP contribution in [-0.2, 0) is 19.0 Å². The van der Waals surface area contributed by atoms with E-state index in [1.54, 1.807) is 0 Å². The van der Waals surface area contributed by atoms with Crippen molar-refractivity contribution >= 4 is 11.6 Å². The molecule has 2 aromatic carbocycles. The van der Waals surface area contributed by atoms with Gasteiger partial charge in [-0.1, -0.05) is 54.1 Å². The van der Waals surface area contributed by atoms with Crippen molar-refractivity contribution in [1.82, 2.24) is 5.32 Å². The van der Waals surface area contributed by atoms with Crippen LogP contribution in [0.2, 0.25) is 0 Å². The number of benzene rings is 2. The maximum Gasteiger partial charge on any atom is 0.0474 e. The average Bonchev–Trinajstić information content (AvgIpc) is 2.41. The van der Waals surface area contributed by atoms with E-state index in [-0.39, 0.29) is 0 Å². The molecular weight excluding hydrogens is 242 g/mol. The third-order valence-corrected chi connectivity index (χ3v) is 3.23. The summed E-state index contributed by atoms with van der Waals surface area (Å²) in [6.07, 6.45) is 0. The van der Waals surface area contributed by atoms with Crippen molar-refractivity contribution in [3.05, 3.63) is 70.8 Å². The molecule has 1 N–H and O–H groups in total. The summed E-state index contributed by atoms with van der Waals surface area (Å²) in [5.41, 5.74) is 5.06. The molecule has 0 heterocycles. The number of nitrogens with one attached hydrogen (secondary N) is 1. The Kier molecular flexibility index (Phi) is 4.80. The Labute approximate surface area is 114 Å². The molecule has 0 saturated carbocycles. The molecule has 0 spiro atoms. The molecule has 0 radical (unpaired) electrons. The van der Waals surface area contributed by atoms with Crippen molar-refractivity contribution in [3.63, 3.8) is 0 Å². The van der Waals surface area contributed by atoms with Gasteiger partial charge in [-0.2, -0.15) is 0 Å². The van der Waals surface area contributed by atoms with Gasteiger partial charge >= 0.3 is 0 Å². The van der Waals surface area contributed by atoms with Gasteiger partial charge in [-0.05, 0) is 23.6 Å². The van der Waals surface area contributed by atoms with Gasteiger partial charge in [0.05, 0.1) is 0 Å². The molecular formula is C16H18ClN. The van der Waals surface area contributed by atoms with Crippen LogP contribution in [0, 0.1) is 6.92 Å². The minimum atomic E-state index is 0.575. The fraction of sp³-hybridized carbons (Fsp3) is 0.250. The van der Waals surface area contributed by atoms with Crippen LogP contribution in [-0.4, -0.2) is 0 Å². The second-order valence-corrected chi connectivity index (χ2v) is 4.81. The first-order valence-electron chi connectivity index (χ1n) is 6.18. The van der Waals surface area contributed by atoms with E-state index >= 15 is 0 Å². The zero-order chi connectivity index (χ0) is 12.8. The number of hydrogen-bond acceptors (Lipinski definition) is 1. The monoisotopic (exact) mass is 259 g/mol. The van der Waals surface area contributed by atoms with Crippen LogP contribution >= 0.6 is 11.6 Å². The summed E-state index contributed by atoms with van der Waals surface area (Å²) in [7, 11) is 0. The van der Waals surface area contributed by atoms with Crippen LogP contribution in [0.4, 0.5) is 0 Å². The average molecular weight is 260 g/mol. The fourth-order valence-electron chi connectivity index (χ4n) is 1.88. The highest BCUT2D eigenvalue weighted by Gasteiger charge is 1.96. The molecule has 2 aromatic rings. The number of alkyl halides is 1. The number of rotatable bonds is 5. The van der Waals surface area contributed by atoms with Gasteiger partial charge in [-0.25, -0.2) is 0 Å². The quantitative estimate of drug-likeness (QED) is 0.800. The summed E-state index contributed by atoms with van der Waals surface area (Å²) in [5.74, 6) is 0.575. The summed E-state index contributed by atoms with van der Waals surface area (Å²) in [5, 5.41) is 3.45. The third-order valence-electron chi connectivity index (χ3n) is 2.92. The highest BCUT2D eigenvalue weighted by atomic mass is 35.5. The van der Waals surface area contributed by atoms with Crippen LogP contribution in [0.1, 0.15) is 22.3 Å². The van der Waals surface area contributed by atoms with Crippen LogP contribution in [0.3, 0.4) is 0 Å². The van der Waals surface area contributed by atoms with E-state index in [0.717, 1.165) is 13.1 Å². The zero-order valence-corrected chi connectivity index (χ0v) is 11.4. The second-order valence-electron chi connectivity index (χ2n) is 4.54. The molecule has 2 rings (SSSR count). The second kappa shape index (κ2) is 6.58. The first-order chi connectivity index (χ1) is 8.78. The Morgan fingerprint density at radius 3 is 2.28 bits per heavy atom. The standard InChI is InChI=1S/C16H18ClN/c1-13-5-7-14(8-6-13)11-18-12-16-4-2-3-15(9-16)10-17/h2-9,18H,10-12H2,1H3. The molecule has 0 saturated heterocycles. The highest BCUT2D eigenvalue weighted by molar-refractivity contribution is 6.17. The summed E-state index contributed by atoms with van der Waals surface area (Å²) in [6.45, 7) is 3.87.